The number of fused-ring (bicyclic) bond motifs is 11. The van der Waals surface area contributed by atoms with E-state index in [0.717, 1.165) is 0 Å². The average molecular weight is 606 g/mol. The van der Waals surface area contributed by atoms with Crippen LogP contribution in [0.5, 0.6) is 0 Å². The van der Waals surface area contributed by atoms with Crippen LogP contribution in [0.1, 0.15) is 0 Å². The molecule has 45 heavy (non-hydrogen) atoms. The highest BCUT2D eigenvalue weighted by Crippen LogP contribution is 2.46. The van der Waals surface area contributed by atoms with Crippen molar-refractivity contribution < 1.29 is 0 Å². The topological polar surface area (TPSA) is 4.41 Å². The molecule has 4 heterocycles. The van der Waals surface area contributed by atoms with Crippen molar-refractivity contribution in [3.63, 3.8) is 0 Å². The predicted octanol–water partition coefficient (Wildman–Crippen LogP) is 13.0. The van der Waals surface area contributed by atoms with E-state index < -0.39 is 0 Å². The van der Waals surface area contributed by atoms with Crippen molar-refractivity contribution >= 4 is 112 Å². The van der Waals surface area contributed by atoms with Crippen LogP contribution in [0.15, 0.2) is 140 Å². The Balaban J connectivity index is 1.34. The van der Waals surface area contributed by atoms with Crippen molar-refractivity contribution in [2.24, 2.45) is 0 Å². The third-order valence-corrected chi connectivity index (χ3v) is 12.0. The van der Waals surface area contributed by atoms with Crippen LogP contribution in [0.4, 0.5) is 0 Å². The first-order valence-electron chi connectivity index (χ1n) is 15.4. The molecule has 4 aromatic heterocycles. The second kappa shape index (κ2) is 8.70. The Hall–Kier alpha value is -5.22. The molecule has 0 bridgehead atoms. The van der Waals surface area contributed by atoms with E-state index in [1.165, 1.54) is 100 Å². The number of aromatic nitrogens is 1. The van der Waals surface area contributed by atoms with Gasteiger partial charge in [0.15, 0.2) is 0 Å². The van der Waals surface area contributed by atoms with Crippen LogP contribution < -0.4 is 0 Å². The number of rotatable bonds is 1. The van der Waals surface area contributed by atoms with Crippen LogP contribution in [0.2, 0.25) is 0 Å². The third-order valence-electron chi connectivity index (χ3n) is 9.75. The highest BCUT2D eigenvalue weighted by atomic mass is 32.1. The number of para-hydroxylation sites is 1. The first-order valence-corrected chi connectivity index (χ1v) is 17.0. The van der Waals surface area contributed by atoms with Gasteiger partial charge in [0, 0.05) is 56.5 Å². The van der Waals surface area contributed by atoms with Gasteiger partial charge in [-0.05, 0) is 69.8 Å². The van der Waals surface area contributed by atoms with E-state index in [9.17, 15) is 0 Å². The van der Waals surface area contributed by atoms with Crippen molar-refractivity contribution in [1.29, 1.82) is 0 Å². The van der Waals surface area contributed by atoms with Crippen molar-refractivity contribution in [2.75, 3.05) is 0 Å². The SMILES string of the molecule is c1ccc2c(c1)sc1cc(-c3ccc4c(c3)c3ccc5sc6cccc7c8ccccc8c8ccccc8n4c3c5c67)ccc12. The van der Waals surface area contributed by atoms with Crippen LogP contribution in [-0.2, 0) is 0 Å². The molecule has 0 atom stereocenters. The molecule has 3 heteroatoms. The van der Waals surface area contributed by atoms with Crippen molar-refractivity contribution in [3.8, 4) is 11.1 Å². The molecule has 0 N–H and O–H groups in total. The minimum atomic E-state index is 1.23. The number of hydrogen-bond donors (Lipinski definition) is 0. The highest BCUT2D eigenvalue weighted by Gasteiger charge is 2.20. The Labute approximate surface area is 265 Å². The molecule has 0 spiro atoms. The second-order valence-electron chi connectivity index (χ2n) is 12.1. The summed E-state index contributed by atoms with van der Waals surface area (Å²) in [5.41, 5.74) is 6.29. The van der Waals surface area contributed by atoms with Gasteiger partial charge in [0.25, 0.3) is 0 Å². The Morgan fingerprint density at radius 2 is 0.933 bits per heavy atom. The molecule has 7 aromatic carbocycles. The van der Waals surface area contributed by atoms with Gasteiger partial charge in [0.2, 0.25) is 0 Å². The molecular weight excluding hydrogens is 583 g/mol. The summed E-state index contributed by atoms with van der Waals surface area (Å²) in [5.74, 6) is 0. The lowest BCUT2D eigenvalue weighted by Gasteiger charge is -2.06. The van der Waals surface area contributed by atoms with Gasteiger partial charge in [0.05, 0.1) is 16.6 Å². The van der Waals surface area contributed by atoms with Crippen molar-refractivity contribution in [3.05, 3.63) is 140 Å². The maximum atomic E-state index is 2.55. The van der Waals surface area contributed by atoms with Gasteiger partial charge >= 0.3 is 0 Å². The molecule has 1 nitrogen and oxygen atoms in total. The molecule has 0 amide bonds. The first kappa shape index (κ1) is 24.1. The van der Waals surface area contributed by atoms with Gasteiger partial charge in [0.1, 0.15) is 0 Å². The number of hydrogen-bond acceptors (Lipinski definition) is 2. The zero-order valence-corrected chi connectivity index (χ0v) is 25.7. The molecule has 11 rings (SSSR count). The van der Waals surface area contributed by atoms with Gasteiger partial charge < -0.3 is 4.40 Å². The van der Waals surface area contributed by atoms with Crippen LogP contribution in [0, 0.1) is 0 Å². The lowest BCUT2D eigenvalue weighted by Crippen LogP contribution is -1.86. The van der Waals surface area contributed by atoms with Crippen molar-refractivity contribution in [1.82, 2.24) is 4.40 Å². The van der Waals surface area contributed by atoms with E-state index in [2.05, 4.69) is 144 Å². The molecule has 0 saturated heterocycles. The molecule has 0 saturated carbocycles. The van der Waals surface area contributed by atoms with Gasteiger partial charge in [-0.15, -0.1) is 22.7 Å². The molecule has 11 aromatic rings. The van der Waals surface area contributed by atoms with Crippen LogP contribution in [0.3, 0.4) is 0 Å². The summed E-state index contributed by atoms with van der Waals surface area (Å²) < 4.78 is 7.90. The Morgan fingerprint density at radius 1 is 0.333 bits per heavy atom. The lowest BCUT2D eigenvalue weighted by atomic mass is 9.99. The molecule has 0 fully saturated rings. The minimum absolute atomic E-state index is 1.23. The molecular formula is C42H23NS2. The standard InChI is InChI=1S/C42H23NS2/c1-2-9-27-26(8-1)28-10-3-5-13-34(28)43-35-20-17-24(25-16-18-30-29-11-4-6-14-36(29)44-39(30)23-25)22-33(35)32-19-21-38-41(42(32)43)40-31(27)12-7-15-37(40)45-38/h1-23H. The minimum Gasteiger partial charge on any atom is -0.308 e. The second-order valence-corrected chi connectivity index (χ2v) is 14.2. The first-order chi connectivity index (χ1) is 22.3. The van der Waals surface area contributed by atoms with Crippen molar-refractivity contribution in [2.45, 2.75) is 0 Å². The van der Waals surface area contributed by atoms with Gasteiger partial charge in [-0.1, -0.05) is 97.1 Å². The maximum absolute atomic E-state index is 2.55. The number of nitrogens with zero attached hydrogens (tertiary/aromatic N) is 1. The smallest absolute Gasteiger partial charge is 0.0634 e. The predicted molar refractivity (Wildman–Crippen MR) is 199 cm³/mol. The van der Waals surface area contributed by atoms with E-state index in [1.54, 1.807) is 0 Å². The monoisotopic (exact) mass is 605 g/mol. The quantitative estimate of drug-likeness (QED) is 0.175. The normalized spacial score (nSPS) is 12.4. The molecule has 0 aliphatic carbocycles. The van der Waals surface area contributed by atoms with E-state index >= 15 is 0 Å². The number of benzene rings is 7. The van der Waals surface area contributed by atoms with Gasteiger partial charge in [-0.3, -0.25) is 0 Å². The summed E-state index contributed by atoms with van der Waals surface area (Å²) in [6, 6.07) is 52.2. The van der Waals surface area contributed by atoms with E-state index in [4.69, 9.17) is 0 Å². The average Bonchev–Trinajstić information content (AvgIpc) is 3.77. The fourth-order valence-electron chi connectivity index (χ4n) is 7.82. The summed E-state index contributed by atoms with van der Waals surface area (Å²) in [7, 11) is 0. The molecule has 0 aliphatic rings. The zero-order valence-electron chi connectivity index (χ0n) is 24.0. The van der Waals surface area contributed by atoms with Crippen LogP contribution in [-0.4, -0.2) is 4.40 Å². The third kappa shape index (κ3) is 3.16. The summed E-state index contributed by atoms with van der Waals surface area (Å²) in [6.45, 7) is 0. The van der Waals surface area contributed by atoms with Gasteiger partial charge in [-0.2, -0.15) is 0 Å². The molecule has 0 aliphatic heterocycles. The zero-order chi connectivity index (χ0) is 29.2. The largest absolute Gasteiger partial charge is 0.308 e. The lowest BCUT2D eigenvalue weighted by molar-refractivity contribution is 1.36. The summed E-state index contributed by atoms with van der Waals surface area (Å²) >= 11 is 3.79. The maximum Gasteiger partial charge on any atom is 0.0634 e. The van der Waals surface area contributed by atoms with Crippen LogP contribution >= 0.6 is 22.7 Å². The Kier molecular flexibility index (Phi) is 4.67. The fraction of sp³-hybridized carbons (Fsp3) is 0. The summed E-state index contributed by atoms with van der Waals surface area (Å²) in [4.78, 5) is 0. The Bertz CT molecular complexity index is 3030. The summed E-state index contributed by atoms with van der Waals surface area (Å²) in [5, 5.41) is 13.1. The van der Waals surface area contributed by atoms with E-state index in [-0.39, 0.29) is 0 Å². The molecule has 0 unspecified atom stereocenters. The van der Waals surface area contributed by atoms with Gasteiger partial charge in [-0.25, -0.2) is 0 Å². The van der Waals surface area contributed by atoms with E-state index in [0.29, 0.717) is 0 Å². The highest BCUT2D eigenvalue weighted by molar-refractivity contribution is 7.26. The summed E-state index contributed by atoms with van der Waals surface area (Å²) in [6.07, 6.45) is 0. The van der Waals surface area contributed by atoms with E-state index in [1.807, 2.05) is 22.7 Å². The molecule has 0 radical (unpaired) electrons. The van der Waals surface area contributed by atoms with Crippen LogP contribution in [0.25, 0.3) is 100 Å². The Morgan fingerprint density at radius 3 is 1.84 bits per heavy atom. The number of thiophene rings is 2. The molecule has 208 valence electrons. The fourth-order valence-corrected chi connectivity index (χ4v) is 10.1.